The minimum absolute atomic E-state index is 0.0492. The molecule has 1 aromatic carbocycles. The van der Waals surface area contributed by atoms with Crippen LogP contribution in [0.3, 0.4) is 0 Å². The van der Waals surface area contributed by atoms with Gasteiger partial charge in [0.25, 0.3) is 0 Å². The molecule has 1 atom stereocenters. The molecule has 1 unspecified atom stereocenters. The molecule has 0 bridgehead atoms. The predicted molar refractivity (Wildman–Crippen MR) is 77.6 cm³/mol. The molecule has 2 rings (SSSR count). The minimum Gasteiger partial charge on any atom is -0.369 e. The van der Waals surface area contributed by atoms with E-state index in [0.29, 0.717) is 11.1 Å². The van der Waals surface area contributed by atoms with Crippen LogP contribution in [0.5, 0.6) is 0 Å². The molecular formula is C16H22F2N2O. The molecule has 116 valence electrons. The van der Waals surface area contributed by atoms with Crippen LogP contribution in [-0.2, 0) is 4.79 Å². The van der Waals surface area contributed by atoms with Crippen molar-refractivity contribution in [3.63, 3.8) is 0 Å². The van der Waals surface area contributed by atoms with Gasteiger partial charge in [0.2, 0.25) is 5.91 Å². The maximum absolute atomic E-state index is 13.9. The number of carbonyl (C=O) groups is 1. The summed E-state index contributed by atoms with van der Waals surface area (Å²) < 4.78 is 27.5. The number of benzene rings is 1. The Labute approximate surface area is 123 Å². The van der Waals surface area contributed by atoms with Crippen molar-refractivity contribution in [2.24, 2.45) is 11.7 Å². The highest BCUT2D eigenvalue weighted by Gasteiger charge is 2.26. The zero-order valence-electron chi connectivity index (χ0n) is 12.5. The quantitative estimate of drug-likeness (QED) is 0.897. The van der Waals surface area contributed by atoms with Gasteiger partial charge in [-0.15, -0.1) is 0 Å². The fourth-order valence-electron chi connectivity index (χ4n) is 2.98. The number of rotatable bonds is 4. The van der Waals surface area contributed by atoms with Gasteiger partial charge in [-0.3, -0.25) is 4.79 Å². The van der Waals surface area contributed by atoms with E-state index >= 15 is 0 Å². The summed E-state index contributed by atoms with van der Waals surface area (Å²) in [7, 11) is 0. The summed E-state index contributed by atoms with van der Waals surface area (Å²) in [6, 6.07) is 2.43. The van der Waals surface area contributed by atoms with Crippen LogP contribution in [0.15, 0.2) is 12.1 Å². The summed E-state index contributed by atoms with van der Waals surface area (Å²) in [6.07, 6.45) is 3.16. The fraction of sp³-hybridized carbons (Fsp3) is 0.562. The Morgan fingerprint density at radius 3 is 2.43 bits per heavy atom. The number of hydrogen-bond acceptors (Lipinski definition) is 2. The Hall–Kier alpha value is -1.49. The number of aryl methyl sites for hydroxylation is 1. The highest BCUT2D eigenvalue weighted by molar-refractivity contribution is 5.76. The molecule has 3 N–H and O–H groups in total. The standard InChI is InChI=1S/C16H22F2N2O/c1-9-7-15(18)13(8-14(9)17)10(2)20-12-5-3-11(4-6-12)16(19)21/h7-8,10-12,20H,3-6H2,1-2H3,(H2,19,21). The van der Waals surface area contributed by atoms with Crippen LogP contribution in [0, 0.1) is 24.5 Å². The first-order chi connectivity index (χ1) is 9.88. The SMILES string of the molecule is Cc1cc(F)c(C(C)NC2CCC(C(N)=O)CC2)cc1F. The summed E-state index contributed by atoms with van der Waals surface area (Å²) in [5, 5.41) is 3.32. The lowest BCUT2D eigenvalue weighted by Gasteiger charge is -2.30. The van der Waals surface area contributed by atoms with Gasteiger partial charge >= 0.3 is 0 Å². The molecule has 5 heteroatoms. The van der Waals surface area contributed by atoms with E-state index in [-0.39, 0.29) is 29.7 Å². The third kappa shape index (κ3) is 3.79. The zero-order chi connectivity index (χ0) is 15.6. The molecule has 1 amide bonds. The number of hydrogen-bond donors (Lipinski definition) is 2. The summed E-state index contributed by atoms with van der Waals surface area (Å²) in [6.45, 7) is 3.37. The van der Waals surface area contributed by atoms with Crippen molar-refractivity contribution < 1.29 is 13.6 Å². The van der Waals surface area contributed by atoms with Gasteiger partial charge in [0.05, 0.1) is 0 Å². The lowest BCUT2D eigenvalue weighted by Crippen LogP contribution is -2.38. The molecular weight excluding hydrogens is 274 g/mol. The molecule has 1 saturated carbocycles. The number of nitrogens with two attached hydrogens (primary N) is 1. The van der Waals surface area contributed by atoms with Crippen LogP contribution in [-0.4, -0.2) is 11.9 Å². The van der Waals surface area contributed by atoms with Gasteiger partial charge in [-0.05, 0) is 57.2 Å². The molecule has 1 fully saturated rings. The van der Waals surface area contributed by atoms with E-state index in [1.54, 1.807) is 6.92 Å². The Balaban J connectivity index is 1.98. The van der Waals surface area contributed by atoms with Crippen LogP contribution in [0.4, 0.5) is 8.78 Å². The van der Waals surface area contributed by atoms with E-state index in [1.807, 2.05) is 6.92 Å². The molecule has 0 heterocycles. The molecule has 1 aromatic rings. The minimum atomic E-state index is -0.391. The van der Waals surface area contributed by atoms with Crippen molar-refractivity contribution in [3.05, 3.63) is 34.9 Å². The summed E-state index contributed by atoms with van der Waals surface area (Å²) in [5.74, 6) is -1.07. The lowest BCUT2D eigenvalue weighted by atomic mass is 9.85. The number of nitrogens with one attached hydrogen (secondary N) is 1. The number of carbonyl (C=O) groups excluding carboxylic acids is 1. The second-order valence-electron chi connectivity index (χ2n) is 5.96. The van der Waals surface area contributed by atoms with Gasteiger partial charge in [0.15, 0.2) is 0 Å². The van der Waals surface area contributed by atoms with Crippen molar-refractivity contribution in [1.29, 1.82) is 0 Å². The van der Waals surface area contributed by atoms with E-state index in [9.17, 15) is 13.6 Å². The van der Waals surface area contributed by atoms with E-state index in [2.05, 4.69) is 5.32 Å². The third-order valence-electron chi connectivity index (χ3n) is 4.36. The monoisotopic (exact) mass is 296 g/mol. The summed E-state index contributed by atoms with van der Waals surface area (Å²) in [4.78, 5) is 11.1. The van der Waals surface area contributed by atoms with Gasteiger partial charge < -0.3 is 11.1 Å². The summed E-state index contributed by atoms with van der Waals surface area (Å²) in [5.41, 5.74) is 5.96. The van der Waals surface area contributed by atoms with Crippen LogP contribution >= 0.6 is 0 Å². The average Bonchev–Trinajstić information content (AvgIpc) is 2.43. The van der Waals surface area contributed by atoms with Crippen LogP contribution in [0.25, 0.3) is 0 Å². The fourth-order valence-corrected chi connectivity index (χ4v) is 2.98. The highest BCUT2D eigenvalue weighted by Crippen LogP contribution is 2.27. The Morgan fingerprint density at radius 1 is 1.24 bits per heavy atom. The van der Waals surface area contributed by atoms with E-state index < -0.39 is 5.82 Å². The normalized spacial score (nSPS) is 23.8. The predicted octanol–water partition coefficient (Wildman–Crippen LogP) is 2.97. The zero-order valence-corrected chi connectivity index (χ0v) is 12.5. The second-order valence-corrected chi connectivity index (χ2v) is 5.96. The molecule has 0 saturated heterocycles. The van der Waals surface area contributed by atoms with Crippen molar-refractivity contribution in [3.8, 4) is 0 Å². The van der Waals surface area contributed by atoms with E-state index in [1.165, 1.54) is 12.1 Å². The van der Waals surface area contributed by atoms with Crippen LogP contribution < -0.4 is 11.1 Å². The lowest BCUT2D eigenvalue weighted by molar-refractivity contribution is -0.122. The molecule has 0 spiro atoms. The first kappa shape index (κ1) is 15.9. The topological polar surface area (TPSA) is 55.1 Å². The second kappa shape index (κ2) is 6.52. The Bertz CT molecular complexity index is 525. The smallest absolute Gasteiger partial charge is 0.220 e. The number of halogens is 2. The van der Waals surface area contributed by atoms with Crippen molar-refractivity contribution in [2.75, 3.05) is 0 Å². The van der Waals surface area contributed by atoms with Gasteiger partial charge in [-0.1, -0.05) is 0 Å². The van der Waals surface area contributed by atoms with Crippen molar-refractivity contribution in [1.82, 2.24) is 5.32 Å². The largest absolute Gasteiger partial charge is 0.369 e. The molecule has 0 radical (unpaired) electrons. The van der Waals surface area contributed by atoms with Crippen LogP contribution in [0.2, 0.25) is 0 Å². The molecule has 21 heavy (non-hydrogen) atoms. The van der Waals surface area contributed by atoms with Gasteiger partial charge in [0.1, 0.15) is 11.6 Å². The molecule has 0 aliphatic heterocycles. The third-order valence-corrected chi connectivity index (χ3v) is 4.36. The van der Waals surface area contributed by atoms with Gasteiger partial charge in [-0.2, -0.15) is 0 Å². The van der Waals surface area contributed by atoms with Crippen molar-refractivity contribution in [2.45, 2.75) is 51.6 Å². The molecule has 3 nitrogen and oxygen atoms in total. The first-order valence-electron chi connectivity index (χ1n) is 7.39. The maximum Gasteiger partial charge on any atom is 0.220 e. The van der Waals surface area contributed by atoms with Crippen molar-refractivity contribution >= 4 is 5.91 Å². The molecule has 0 aromatic heterocycles. The van der Waals surface area contributed by atoms with Gasteiger partial charge in [0, 0.05) is 23.6 Å². The highest BCUT2D eigenvalue weighted by atomic mass is 19.1. The maximum atomic E-state index is 13.9. The van der Waals surface area contributed by atoms with Crippen LogP contribution in [0.1, 0.15) is 49.8 Å². The average molecular weight is 296 g/mol. The van der Waals surface area contributed by atoms with E-state index in [0.717, 1.165) is 25.7 Å². The Kier molecular flexibility index (Phi) is 4.93. The number of primary amides is 1. The Morgan fingerprint density at radius 2 is 1.86 bits per heavy atom. The first-order valence-corrected chi connectivity index (χ1v) is 7.39. The molecule has 1 aliphatic rings. The van der Waals surface area contributed by atoms with Gasteiger partial charge in [-0.25, -0.2) is 8.78 Å². The van der Waals surface area contributed by atoms with E-state index in [4.69, 9.17) is 5.73 Å². The number of amides is 1. The summed E-state index contributed by atoms with van der Waals surface area (Å²) >= 11 is 0. The molecule has 1 aliphatic carbocycles.